The number of amides is 1. The second-order valence-corrected chi connectivity index (χ2v) is 9.82. The van der Waals surface area contributed by atoms with Gasteiger partial charge in [-0.15, -0.1) is 0 Å². The number of aryl methyl sites for hydroxylation is 3. The van der Waals surface area contributed by atoms with Crippen LogP contribution in [0, 0.1) is 13.8 Å². The lowest BCUT2D eigenvalue weighted by Gasteiger charge is -2.36. The van der Waals surface area contributed by atoms with Gasteiger partial charge in [-0.2, -0.15) is 0 Å². The van der Waals surface area contributed by atoms with Gasteiger partial charge in [0.05, 0.1) is 0 Å². The van der Waals surface area contributed by atoms with Crippen LogP contribution in [-0.4, -0.2) is 47.0 Å². The summed E-state index contributed by atoms with van der Waals surface area (Å²) in [6, 6.07) is 29.1. The highest BCUT2D eigenvalue weighted by Gasteiger charge is 2.25. The topological polar surface area (TPSA) is 49.3 Å². The Kier molecular flexibility index (Phi) is 7.59. The van der Waals surface area contributed by atoms with Crippen LogP contribution in [0.2, 0.25) is 0 Å². The molecular weight excluding hydrogens is 456 g/mol. The second kappa shape index (κ2) is 11.4. The monoisotopic (exact) mass is 490 g/mol. The Morgan fingerprint density at radius 1 is 0.784 bits per heavy atom. The van der Waals surface area contributed by atoms with Gasteiger partial charge in [0.2, 0.25) is 5.91 Å². The van der Waals surface area contributed by atoms with Crippen molar-refractivity contribution in [3.63, 3.8) is 0 Å². The van der Waals surface area contributed by atoms with E-state index in [4.69, 9.17) is 9.97 Å². The minimum atomic E-state index is 0.229. The van der Waals surface area contributed by atoms with E-state index >= 15 is 0 Å². The molecule has 1 amide bonds. The van der Waals surface area contributed by atoms with Gasteiger partial charge in [0.15, 0.2) is 5.82 Å². The molecule has 0 bridgehead atoms. The fourth-order valence-corrected chi connectivity index (χ4v) is 4.98. The van der Waals surface area contributed by atoms with E-state index in [0.717, 1.165) is 54.4 Å². The van der Waals surface area contributed by atoms with E-state index in [2.05, 4.69) is 79.4 Å². The van der Waals surface area contributed by atoms with Crippen molar-refractivity contribution in [3.05, 3.63) is 113 Å². The van der Waals surface area contributed by atoms with Gasteiger partial charge in [-0.1, -0.05) is 84.4 Å². The SMILES string of the molecule is Cc1cccc(-c2nc(C)c(Cc3ccccc3)c(N3CCN(C(=O)CCc4ccccc4)CC3)n2)c1. The standard InChI is InChI=1S/C32H34N4O/c1-24-10-9-15-28(22-24)31-33-25(2)29(23-27-13-7-4-8-14-27)32(34-31)36-20-18-35(19-21-36)30(37)17-16-26-11-5-3-6-12-26/h3-15,22H,16-21,23H2,1-2H3. The van der Waals surface area contributed by atoms with Gasteiger partial charge >= 0.3 is 0 Å². The fourth-order valence-electron chi connectivity index (χ4n) is 4.98. The Balaban J connectivity index is 1.36. The van der Waals surface area contributed by atoms with Gasteiger partial charge < -0.3 is 9.80 Å². The van der Waals surface area contributed by atoms with Crippen molar-refractivity contribution in [1.82, 2.24) is 14.9 Å². The maximum atomic E-state index is 12.9. The highest BCUT2D eigenvalue weighted by molar-refractivity contribution is 5.77. The van der Waals surface area contributed by atoms with E-state index in [0.29, 0.717) is 19.5 Å². The number of hydrogen-bond acceptors (Lipinski definition) is 4. The molecular formula is C32H34N4O. The smallest absolute Gasteiger partial charge is 0.223 e. The first-order chi connectivity index (χ1) is 18.1. The van der Waals surface area contributed by atoms with Crippen LogP contribution in [0.25, 0.3) is 11.4 Å². The lowest BCUT2D eigenvalue weighted by Crippen LogP contribution is -2.49. The van der Waals surface area contributed by atoms with E-state index in [1.165, 1.54) is 16.7 Å². The number of carbonyl (C=O) groups excluding carboxylic acids is 1. The van der Waals surface area contributed by atoms with Gasteiger partial charge in [-0.3, -0.25) is 4.79 Å². The summed E-state index contributed by atoms with van der Waals surface area (Å²) in [6.45, 7) is 7.13. The average molecular weight is 491 g/mol. The van der Waals surface area contributed by atoms with E-state index < -0.39 is 0 Å². The zero-order valence-electron chi connectivity index (χ0n) is 21.7. The summed E-state index contributed by atoms with van der Waals surface area (Å²) < 4.78 is 0. The van der Waals surface area contributed by atoms with Crippen molar-refractivity contribution in [2.24, 2.45) is 0 Å². The predicted molar refractivity (Wildman–Crippen MR) is 150 cm³/mol. The highest BCUT2D eigenvalue weighted by Crippen LogP contribution is 2.28. The summed E-state index contributed by atoms with van der Waals surface area (Å²) in [4.78, 5) is 27.3. The van der Waals surface area contributed by atoms with Crippen molar-refractivity contribution in [3.8, 4) is 11.4 Å². The summed E-state index contributed by atoms with van der Waals surface area (Å²) >= 11 is 0. The van der Waals surface area contributed by atoms with Gasteiger partial charge in [0, 0.05) is 55.8 Å². The summed E-state index contributed by atoms with van der Waals surface area (Å²) in [6.07, 6.45) is 2.12. The third kappa shape index (κ3) is 6.05. The Hall–Kier alpha value is -3.99. The van der Waals surface area contributed by atoms with Crippen LogP contribution in [0.15, 0.2) is 84.9 Å². The average Bonchev–Trinajstić information content (AvgIpc) is 2.94. The second-order valence-electron chi connectivity index (χ2n) is 9.82. The molecule has 0 unspecified atom stereocenters. The molecule has 188 valence electrons. The summed E-state index contributed by atoms with van der Waals surface area (Å²) in [5, 5.41) is 0. The zero-order chi connectivity index (χ0) is 25.6. The van der Waals surface area contributed by atoms with E-state index in [1.54, 1.807) is 0 Å². The fraction of sp³-hybridized carbons (Fsp3) is 0.281. The first-order valence-corrected chi connectivity index (χ1v) is 13.1. The molecule has 0 radical (unpaired) electrons. The Bertz CT molecular complexity index is 1350. The predicted octanol–water partition coefficient (Wildman–Crippen LogP) is 5.63. The molecule has 5 heteroatoms. The van der Waals surface area contributed by atoms with E-state index in [-0.39, 0.29) is 5.91 Å². The quantitative estimate of drug-likeness (QED) is 0.337. The third-order valence-electron chi connectivity index (χ3n) is 7.09. The van der Waals surface area contributed by atoms with Crippen molar-refractivity contribution in [2.75, 3.05) is 31.1 Å². The number of aromatic nitrogens is 2. The normalized spacial score (nSPS) is 13.6. The maximum absolute atomic E-state index is 12.9. The number of rotatable bonds is 7. The maximum Gasteiger partial charge on any atom is 0.223 e. The first-order valence-electron chi connectivity index (χ1n) is 13.1. The minimum absolute atomic E-state index is 0.229. The summed E-state index contributed by atoms with van der Waals surface area (Å²) in [5.74, 6) is 1.98. The molecule has 1 saturated heterocycles. The number of carbonyl (C=O) groups is 1. The highest BCUT2D eigenvalue weighted by atomic mass is 16.2. The van der Waals surface area contributed by atoms with Crippen molar-refractivity contribution in [1.29, 1.82) is 0 Å². The van der Waals surface area contributed by atoms with Gasteiger partial charge in [0.1, 0.15) is 5.82 Å². The molecule has 1 fully saturated rings. The van der Waals surface area contributed by atoms with E-state index in [1.807, 2.05) is 29.2 Å². The van der Waals surface area contributed by atoms with Crippen molar-refractivity contribution < 1.29 is 4.79 Å². The molecule has 0 aliphatic carbocycles. The van der Waals surface area contributed by atoms with Crippen LogP contribution in [0.1, 0.15) is 34.4 Å². The van der Waals surface area contributed by atoms with Gasteiger partial charge in [0.25, 0.3) is 0 Å². The number of hydrogen-bond donors (Lipinski definition) is 0. The van der Waals surface area contributed by atoms with Gasteiger partial charge in [-0.05, 0) is 37.5 Å². The molecule has 3 aromatic carbocycles. The first kappa shape index (κ1) is 24.7. The molecule has 1 aliphatic rings. The zero-order valence-corrected chi connectivity index (χ0v) is 21.7. The van der Waals surface area contributed by atoms with Crippen LogP contribution in [0.3, 0.4) is 0 Å². The number of anilines is 1. The molecule has 0 saturated carbocycles. The summed E-state index contributed by atoms with van der Waals surface area (Å²) in [5.41, 5.74) is 6.84. The largest absolute Gasteiger partial charge is 0.353 e. The molecule has 5 nitrogen and oxygen atoms in total. The third-order valence-corrected chi connectivity index (χ3v) is 7.09. The summed E-state index contributed by atoms with van der Waals surface area (Å²) in [7, 11) is 0. The number of nitrogens with zero attached hydrogens (tertiary/aromatic N) is 4. The van der Waals surface area contributed by atoms with Crippen molar-refractivity contribution in [2.45, 2.75) is 33.1 Å². The Morgan fingerprint density at radius 2 is 1.46 bits per heavy atom. The molecule has 0 spiro atoms. The van der Waals surface area contributed by atoms with E-state index in [9.17, 15) is 4.79 Å². The minimum Gasteiger partial charge on any atom is -0.353 e. The Labute approximate surface area is 219 Å². The molecule has 37 heavy (non-hydrogen) atoms. The molecule has 4 aromatic rings. The van der Waals surface area contributed by atoms with Crippen molar-refractivity contribution >= 4 is 11.7 Å². The number of benzene rings is 3. The van der Waals surface area contributed by atoms with Crippen LogP contribution in [0.5, 0.6) is 0 Å². The van der Waals surface area contributed by atoms with Crippen LogP contribution >= 0.6 is 0 Å². The molecule has 0 N–H and O–H groups in total. The van der Waals surface area contributed by atoms with Crippen LogP contribution in [0.4, 0.5) is 5.82 Å². The lowest BCUT2D eigenvalue weighted by atomic mass is 10.0. The molecule has 2 heterocycles. The van der Waals surface area contributed by atoms with Gasteiger partial charge in [-0.25, -0.2) is 9.97 Å². The van der Waals surface area contributed by atoms with Crippen LogP contribution < -0.4 is 4.90 Å². The Morgan fingerprint density at radius 3 is 2.14 bits per heavy atom. The molecule has 0 atom stereocenters. The van der Waals surface area contributed by atoms with Crippen LogP contribution in [-0.2, 0) is 17.6 Å². The lowest BCUT2D eigenvalue weighted by molar-refractivity contribution is -0.131. The molecule has 1 aromatic heterocycles. The molecule has 5 rings (SSSR count). The molecule has 1 aliphatic heterocycles. The number of piperazine rings is 1.